The number of halogens is 1. The molecule has 2 amide bonds. The monoisotopic (exact) mass is 581 g/mol. The van der Waals surface area contributed by atoms with Gasteiger partial charge in [0.15, 0.2) is 0 Å². The van der Waals surface area contributed by atoms with Crippen LogP contribution in [0.1, 0.15) is 51.5 Å². The summed E-state index contributed by atoms with van der Waals surface area (Å²) in [7, 11) is -0.596. The van der Waals surface area contributed by atoms with Crippen LogP contribution >= 0.6 is 11.6 Å². The maximum absolute atomic E-state index is 13.6. The van der Waals surface area contributed by atoms with Gasteiger partial charge in [-0.1, -0.05) is 44.0 Å². The normalized spacial score (nSPS) is 11.9. The standard InChI is InChI=1S/C28H40ClN3O6S/c1-6-8-16-30-28(34)25(7-2)31(20-21-11-9-12-23(18-21)37-3)27(33)13-10-17-32(39(5,35)36)22-14-15-26(38-4)24(29)19-22/h9,11-12,14-15,18-19,25H,6-8,10,13,16-17,20H2,1-5H3,(H,30,34)/t25-/m0/s1. The number of sulfonamides is 1. The van der Waals surface area contributed by atoms with Gasteiger partial charge in [-0.15, -0.1) is 0 Å². The zero-order valence-electron chi connectivity index (χ0n) is 23.4. The van der Waals surface area contributed by atoms with E-state index in [0.29, 0.717) is 30.2 Å². The highest BCUT2D eigenvalue weighted by molar-refractivity contribution is 7.92. The van der Waals surface area contributed by atoms with Gasteiger partial charge in [0.05, 0.1) is 31.2 Å². The number of nitrogens with zero attached hydrogens (tertiary/aromatic N) is 2. The average Bonchev–Trinajstić information content (AvgIpc) is 2.90. The molecule has 0 saturated carbocycles. The number of nitrogens with one attached hydrogen (secondary N) is 1. The summed E-state index contributed by atoms with van der Waals surface area (Å²) < 4.78 is 36.8. The third-order valence-electron chi connectivity index (χ3n) is 6.28. The lowest BCUT2D eigenvalue weighted by Crippen LogP contribution is -2.49. The molecule has 2 rings (SSSR count). The average molecular weight is 582 g/mol. The summed E-state index contributed by atoms with van der Waals surface area (Å²) in [6.07, 6.45) is 3.64. The maximum Gasteiger partial charge on any atom is 0.242 e. The summed E-state index contributed by atoms with van der Waals surface area (Å²) in [5.41, 5.74) is 1.21. The van der Waals surface area contributed by atoms with Gasteiger partial charge < -0.3 is 19.7 Å². The zero-order chi connectivity index (χ0) is 29.0. The molecule has 0 bridgehead atoms. The molecule has 1 N–H and O–H groups in total. The minimum absolute atomic E-state index is 0.0542. The molecule has 9 nitrogen and oxygen atoms in total. The fourth-order valence-electron chi connectivity index (χ4n) is 4.21. The van der Waals surface area contributed by atoms with Crippen LogP contribution in [-0.2, 0) is 26.2 Å². The van der Waals surface area contributed by atoms with E-state index in [4.69, 9.17) is 21.1 Å². The number of unbranched alkanes of at least 4 members (excludes halogenated alkanes) is 1. The first-order valence-electron chi connectivity index (χ1n) is 13.1. The Morgan fingerprint density at radius 2 is 1.79 bits per heavy atom. The molecule has 0 radical (unpaired) electrons. The number of benzene rings is 2. The van der Waals surface area contributed by atoms with Crippen LogP contribution in [0.25, 0.3) is 0 Å². The van der Waals surface area contributed by atoms with E-state index in [0.717, 1.165) is 24.7 Å². The van der Waals surface area contributed by atoms with Crippen molar-refractivity contribution in [3.63, 3.8) is 0 Å². The summed E-state index contributed by atoms with van der Waals surface area (Å²) in [5, 5.41) is 3.22. The van der Waals surface area contributed by atoms with Crippen LogP contribution in [0.3, 0.4) is 0 Å². The molecule has 0 spiro atoms. The Hall–Kier alpha value is -2.98. The molecule has 0 aliphatic carbocycles. The summed E-state index contributed by atoms with van der Waals surface area (Å²) in [4.78, 5) is 28.2. The highest BCUT2D eigenvalue weighted by Gasteiger charge is 2.29. The second-order valence-corrected chi connectivity index (χ2v) is 11.5. The Morgan fingerprint density at radius 1 is 1.05 bits per heavy atom. The van der Waals surface area contributed by atoms with Crippen molar-refractivity contribution in [2.45, 2.75) is 58.5 Å². The number of anilines is 1. The molecule has 0 saturated heterocycles. The van der Waals surface area contributed by atoms with Crippen LogP contribution in [0, 0.1) is 0 Å². The number of carbonyl (C=O) groups is 2. The van der Waals surface area contributed by atoms with Crippen LogP contribution in [0.15, 0.2) is 42.5 Å². The van der Waals surface area contributed by atoms with Gasteiger partial charge in [0.1, 0.15) is 17.5 Å². The van der Waals surface area contributed by atoms with Crippen molar-refractivity contribution < 1.29 is 27.5 Å². The molecule has 0 aliphatic heterocycles. The lowest BCUT2D eigenvalue weighted by molar-refractivity contribution is -0.141. The molecule has 2 aromatic carbocycles. The first-order chi connectivity index (χ1) is 18.5. The maximum atomic E-state index is 13.6. The molecule has 39 heavy (non-hydrogen) atoms. The van der Waals surface area contributed by atoms with Gasteiger partial charge in [-0.25, -0.2) is 8.42 Å². The quantitative estimate of drug-likeness (QED) is 0.290. The number of ether oxygens (including phenoxy) is 2. The van der Waals surface area contributed by atoms with Gasteiger partial charge in [-0.2, -0.15) is 0 Å². The van der Waals surface area contributed by atoms with E-state index in [1.54, 1.807) is 24.1 Å². The van der Waals surface area contributed by atoms with Crippen LogP contribution < -0.4 is 19.1 Å². The molecule has 2 aromatic rings. The van der Waals surface area contributed by atoms with E-state index in [1.165, 1.54) is 17.5 Å². The molecular formula is C28H40ClN3O6S. The van der Waals surface area contributed by atoms with E-state index in [9.17, 15) is 18.0 Å². The fourth-order valence-corrected chi connectivity index (χ4v) is 5.42. The Kier molecular flexibility index (Phi) is 12.9. The van der Waals surface area contributed by atoms with Gasteiger partial charge in [-0.05, 0) is 55.2 Å². The van der Waals surface area contributed by atoms with E-state index in [2.05, 4.69) is 5.32 Å². The Bertz CT molecular complexity index is 1210. The van der Waals surface area contributed by atoms with Gasteiger partial charge in [0.2, 0.25) is 21.8 Å². The Balaban J connectivity index is 2.24. The van der Waals surface area contributed by atoms with Crippen LogP contribution in [0.5, 0.6) is 11.5 Å². The Labute approximate surface area is 237 Å². The predicted octanol–water partition coefficient (Wildman–Crippen LogP) is 4.63. The fraction of sp³-hybridized carbons (Fsp3) is 0.500. The number of hydrogen-bond acceptors (Lipinski definition) is 6. The minimum atomic E-state index is -3.65. The van der Waals surface area contributed by atoms with Crippen LogP contribution in [0.4, 0.5) is 5.69 Å². The van der Waals surface area contributed by atoms with E-state index < -0.39 is 16.1 Å². The minimum Gasteiger partial charge on any atom is -0.497 e. The first kappa shape index (κ1) is 32.2. The molecule has 0 unspecified atom stereocenters. The first-order valence-corrected chi connectivity index (χ1v) is 15.3. The SMILES string of the molecule is CCCCNC(=O)[C@H](CC)N(Cc1cccc(OC)c1)C(=O)CCCN(c1ccc(OC)c(Cl)c1)S(C)(=O)=O. The number of amides is 2. The van der Waals surface area contributed by atoms with E-state index in [1.807, 2.05) is 38.1 Å². The molecule has 0 aromatic heterocycles. The summed E-state index contributed by atoms with van der Waals surface area (Å²) in [6.45, 7) is 4.75. The summed E-state index contributed by atoms with van der Waals surface area (Å²) >= 11 is 6.22. The Morgan fingerprint density at radius 3 is 2.38 bits per heavy atom. The van der Waals surface area contributed by atoms with Crippen LogP contribution in [0.2, 0.25) is 5.02 Å². The number of rotatable bonds is 16. The second-order valence-electron chi connectivity index (χ2n) is 9.20. The molecule has 0 aliphatic rings. The van der Waals surface area contributed by atoms with Crippen molar-refractivity contribution in [2.24, 2.45) is 0 Å². The lowest BCUT2D eigenvalue weighted by atomic mass is 10.1. The van der Waals surface area contributed by atoms with Crippen molar-refractivity contribution in [1.82, 2.24) is 10.2 Å². The van der Waals surface area contributed by atoms with Gasteiger partial charge in [0, 0.05) is 26.1 Å². The third-order valence-corrected chi connectivity index (χ3v) is 7.77. The smallest absolute Gasteiger partial charge is 0.242 e. The van der Waals surface area contributed by atoms with Gasteiger partial charge >= 0.3 is 0 Å². The highest BCUT2D eigenvalue weighted by atomic mass is 35.5. The number of hydrogen-bond donors (Lipinski definition) is 1. The van der Waals surface area contributed by atoms with Crippen molar-refractivity contribution in [3.8, 4) is 11.5 Å². The number of carbonyl (C=O) groups excluding carboxylic acids is 2. The molecule has 11 heteroatoms. The van der Waals surface area contributed by atoms with Crippen molar-refractivity contribution in [1.29, 1.82) is 0 Å². The summed E-state index contributed by atoms with van der Waals surface area (Å²) in [5.74, 6) is 0.645. The third kappa shape index (κ3) is 9.61. The van der Waals surface area contributed by atoms with Crippen molar-refractivity contribution in [2.75, 3.05) is 37.9 Å². The molecule has 0 heterocycles. The molecule has 1 atom stereocenters. The van der Waals surface area contributed by atoms with Gasteiger partial charge in [0.25, 0.3) is 0 Å². The highest BCUT2D eigenvalue weighted by Crippen LogP contribution is 2.30. The van der Waals surface area contributed by atoms with Crippen LogP contribution in [-0.4, -0.2) is 64.7 Å². The van der Waals surface area contributed by atoms with Gasteiger partial charge in [-0.3, -0.25) is 13.9 Å². The van der Waals surface area contributed by atoms with E-state index >= 15 is 0 Å². The second kappa shape index (κ2) is 15.6. The summed E-state index contributed by atoms with van der Waals surface area (Å²) in [6, 6.07) is 11.4. The zero-order valence-corrected chi connectivity index (χ0v) is 25.0. The number of methoxy groups -OCH3 is 2. The molecule has 216 valence electrons. The molecular weight excluding hydrogens is 542 g/mol. The predicted molar refractivity (Wildman–Crippen MR) is 155 cm³/mol. The largest absolute Gasteiger partial charge is 0.497 e. The topological polar surface area (TPSA) is 105 Å². The lowest BCUT2D eigenvalue weighted by Gasteiger charge is -2.31. The van der Waals surface area contributed by atoms with Crippen molar-refractivity contribution in [3.05, 3.63) is 53.1 Å². The van der Waals surface area contributed by atoms with Crippen molar-refractivity contribution >= 4 is 39.1 Å². The van der Waals surface area contributed by atoms with E-state index in [-0.39, 0.29) is 42.8 Å². The molecule has 0 fully saturated rings.